The van der Waals surface area contributed by atoms with E-state index in [9.17, 15) is 0 Å². The third-order valence-electron chi connectivity index (χ3n) is 3.59. The first-order chi connectivity index (χ1) is 9.60. The average Bonchev–Trinajstić information content (AvgIpc) is 2.78. The van der Waals surface area contributed by atoms with Gasteiger partial charge in [0.1, 0.15) is 0 Å². The second-order valence-electron chi connectivity index (χ2n) is 4.74. The molecular formula is C16H19Br2NS. The van der Waals surface area contributed by atoms with Crippen LogP contribution in [0.3, 0.4) is 0 Å². The lowest BCUT2D eigenvalue weighted by atomic mass is 9.92. The predicted octanol–water partition coefficient (Wildman–Crippen LogP) is 5.71. The molecule has 1 unspecified atom stereocenters. The largest absolute Gasteiger partial charge is 0.309 e. The Kier molecular flexibility index (Phi) is 5.84. The van der Waals surface area contributed by atoms with Crippen LogP contribution in [0.5, 0.6) is 0 Å². The molecule has 2 rings (SSSR count). The first kappa shape index (κ1) is 16.2. The molecule has 0 bridgehead atoms. The third kappa shape index (κ3) is 3.35. The summed E-state index contributed by atoms with van der Waals surface area (Å²) in [5, 5.41) is 3.47. The Morgan fingerprint density at radius 3 is 2.35 bits per heavy atom. The Hall–Kier alpha value is -0.160. The van der Waals surface area contributed by atoms with Gasteiger partial charge in [-0.1, -0.05) is 32.0 Å². The van der Waals surface area contributed by atoms with Gasteiger partial charge in [-0.25, -0.2) is 0 Å². The Morgan fingerprint density at radius 2 is 1.85 bits per heavy atom. The Morgan fingerprint density at radius 1 is 1.10 bits per heavy atom. The summed E-state index contributed by atoms with van der Waals surface area (Å²) in [6.45, 7) is 4.42. The number of halogens is 2. The fourth-order valence-electron chi connectivity index (χ4n) is 2.48. The maximum atomic E-state index is 3.69. The van der Waals surface area contributed by atoms with Crippen molar-refractivity contribution in [2.75, 3.05) is 7.05 Å². The molecule has 1 heterocycles. The van der Waals surface area contributed by atoms with Crippen LogP contribution in [-0.2, 0) is 12.8 Å². The standard InChI is InChI=1S/C16H19Br2NS/c1-4-10-6-7-11(5-2)12(8-10)15(19-3)13-9-14(17)20-16(13)18/h6-9,15,19H,4-5H2,1-3H3. The maximum absolute atomic E-state index is 3.69. The lowest BCUT2D eigenvalue weighted by Gasteiger charge is -2.20. The average molecular weight is 417 g/mol. The molecule has 1 aromatic heterocycles. The summed E-state index contributed by atoms with van der Waals surface area (Å²) < 4.78 is 2.34. The molecule has 108 valence electrons. The van der Waals surface area contributed by atoms with Gasteiger partial charge >= 0.3 is 0 Å². The first-order valence-electron chi connectivity index (χ1n) is 6.84. The molecule has 0 fully saturated rings. The van der Waals surface area contributed by atoms with E-state index in [0.717, 1.165) is 16.6 Å². The summed E-state index contributed by atoms with van der Waals surface area (Å²) in [4.78, 5) is 0. The van der Waals surface area contributed by atoms with Crippen LogP contribution in [0.25, 0.3) is 0 Å². The Labute approximate surface area is 142 Å². The van der Waals surface area contributed by atoms with Crippen molar-refractivity contribution in [3.63, 3.8) is 0 Å². The lowest BCUT2D eigenvalue weighted by molar-refractivity contribution is 0.683. The van der Waals surface area contributed by atoms with Gasteiger partial charge in [-0.15, -0.1) is 11.3 Å². The normalized spacial score (nSPS) is 12.7. The maximum Gasteiger partial charge on any atom is 0.0761 e. The molecule has 0 aliphatic carbocycles. The molecule has 20 heavy (non-hydrogen) atoms. The van der Waals surface area contributed by atoms with Crippen molar-refractivity contribution in [1.82, 2.24) is 5.32 Å². The van der Waals surface area contributed by atoms with Gasteiger partial charge in [-0.3, -0.25) is 0 Å². The van der Waals surface area contributed by atoms with Crippen LogP contribution in [0.15, 0.2) is 31.8 Å². The zero-order valence-electron chi connectivity index (χ0n) is 12.0. The highest BCUT2D eigenvalue weighted by atomic mass is 79.9. The van der Waals surface area contributed by atoms with Crippen molar-refractivity contribution in [2.45, 2.75) is 32.7 Å². The molecule has 0 aliphatic heterocycles. The topological polar surface area (TPSA) is 12.0 Å². The van der Waals surface area contributed by atoms with E-state index in [1.54, 1.807) is 11.3 Å². The van der Waals surface area contributed by atoms with E-state index < -0.39 is 0 Å². The van der Waals surface area contributed by atoms with Crippen LogP contribution in [0, 0.1) is 0 Å². The molecule has 0 spiro atoms. The van der Waals surface area contributed by atoms with Crippen LogP contribution in [0.1, 0.15) is 42.1 Å². The molecule has 1 aromatic carbocycles. The predicted molar refractivity (Wildman–Crippen MR) is 95.8 cm³/mol. The van der Waals surface area contributed by atoms with Crippen molar-refractivity contribution in [3.8, 4) is 0 Å². The molecule has 0 amide bonds. The molecule has 0 saturated carbocycles. The van der Waals surface area contributed by atoms with E-state index in [4.69, 9.17) is 0 Å². The third-order valence-corrected chi connectivity index (χ3v) is 5.98. The summed E-state index contributed by atoms with van der Waals surface area (Å²) in [6, 6.07) is 9.29. The minimum Gasteiger partial charge on any atom is -0.309 e. The van der Waals surface area contributed by atoms with E-state index in [-0.39, 0.29) is 6.04 Å². The first-order valence-corrected chi connectivity index (χ1v) is 9.24. The van der Waals surface area contributed by atoms with Crippen molar-refractivity contribution in [2.24, 2.45) is 0 Å². The Balaban J connectivity index is 2.53. The van der Waals surface area contributed by atoms with Crippen LogP contribution >= 0.6 is 43.2 Å². The second kappa shape index (κ2) is 7.21. The highest BCUT2D eigenvalue weighted by Crippen LogP contribution is 2.38. The van der Waals surface area contributed by atoms with Gasteiger partial charge in [-0.2, -0.15) is 0 Å². The molecule has 1 atom stereocenters. The van der Waals surface area contributed by atoms with Gasteiger partial charge in [0.2, 0.25) is 0 Å². The van der Waals surface area contributed by atoms with Crippen LogP contribution < -0.4 is 5.32 Å². The zero-order valence-corrected chi connectivity index (χ0v) is 16.0. The summed E-state index contributed by atoms with van der Waals surface area (Å²) in [5.74, 6) is 0. The van der Waals surface area contributed by atoms with Gasteiger partial charge in [0, 0.05) is 0 Å². The number of rotatable bonds is 5. The van der Waals surface area contributed by atoms with Crippen LogP contribution in [0.2, 0.25) is 0 Å². The smallest absolute Gasteiger partial charge is 0.0761 e. The molecule has 2 aromatic rings. The van der Waals surface area contributed by atoms with E-state index in [1.807, 2.05) is 7.05 Å². The molecule has 1 nitrogen and oxygen atoms in total. The van der Waals surface area contributed by atoms with Crippen LogP contribution in [0.4, 0.5) is 0 Å². The van der Waals surface area contributed by atoms with Crippen molar-refractivity contribution < 1.29 is 0 Å². The van der Waals surface area contributed by atoms with Crippen molar-refractivity contribution in [1.29, 1.82) is 0 Å². The van der Waals surface area contributed by atoms with Crippen LogP contribution in [-0.4, -0.2) is 7.05 Å². The van der Waals surface area contributed by atoms with Gasteiger partial charge in [0.25, 0.3) is 0 Å². The number of hydrogen-bond donors (Lipinski definition) is 1. The number of benzene rings is 1. The minimum atomic E-state index is 0.230. The number of thiophene rings is 1. The van der Waals surface area contributed by atoms with E-state index in [2.05, 4.69) is 75.3 Å². The van der Waals surface area contributed by atoms with E-state index in [1.165, 1.54) is 26.0 Å². The van der Waals surface area contributed by atoms with Crippen molar-refractivity contribution in [3.05, 3.63) is 54.1 Å². The van der Waals surface area contributed by atoms with E-state index in [0.29, 0.717) is 0 Å². The zero-order chi connectivity index (χ0) is 14.7. The highest BCUT2D eigenvalue weighted by Gasteiger charge is 2.20. The fourth-order valence-corrected chi connectivity index (χ4v) is 5.39. The highest BCUT2D eigenvalue weighted by molar-refractivity contribution is 9.12. The Bertz CT molecular complexity index is 592. The summed E-state index contributed by atoms with van der Waals surface area (Å²) >= 11 is 8.99. The fraction of sp³-hybridized carbons (Fsp3) is 0.375. The quantitative estimate of drug-likeness (QED) is 0.658. The summed E-state index contributed by atoms with van der Waals surface area (Å²) in [6.07, 6.45) is 2.13. The van der Waals surface area contributed by atoms with Gasteiger partial charge in [0.05, 0.1) is 13.6 Å². The number of nitrogens with one attached hydrogen (secondary N) is 1. The summed E-state index contributed by atoms with van der Waals surface area (Å²) in [5.41, 5.74) is 5.49. The minimum absolute atomic E-state index is 0.230. The molecule has 1 N–H and O–H groups in total. The molecule has 0 radical (unpaired) electrons. The second-order valence-corrected chi connectivity index (χ2v) is 8.49. The number of hydrogen-bond acceptors (Lipinski definition) is 2. The SMILES string of the molecule is CCc1ccc(CC)c(C(NC)c2cc(Br)sc2Br)c1. The van der Waals surface area contributed by atoms with E-state index >= 15 is 0 Å². The monoisotopic (exact) mass is 415 g/mol. The van der Waals surface area contributed by atoms with Crippen molar-refractivity contribution >= 4 is 43.2 Å². The number of aryl methyl sites for hydroxylation is 2. The molecular weight excluding hydrogens is 398 g/mol. The van der Waals surface area contributed by atoms with Gasteiger partial charge in [0.15, 0.2) is 0 Å². The van der Waals surface area contributed by atoms with Gasteiger partial charge < -0.3 is 5.32 Å². The molecule has 0 saturated heterocycles. The molecule has 4 heteroatoms. The lowest BCUT2D eigenvalue weighted by Crippen LogP contribution is -2.19. The van der Waals surface area contributed by atoms with Gasteiger partial charge in [-0.05, 0) is 80.1 Å². The summed E-state index contributed by atoms with van der Waals surface area (Å²) in [7, 11) is 2.03. The molecule has 0 aliphatic rings.